The van der Waals surface area contributed by atoms with Crippen LogP contribution >= 0.6 is 0 Å². The Morgan fingerprint density at radius 2 is 1.87 bits per heavy atom. The summed E-state index contributed by atoms with van der Waals surface area (Å²) in [4.78, 5) is 25.0. The quantitative estimate of drug-likeness (QED) is 0.888. The van der Waals surface area contributed by atoms with E-state index in [0.717, 1.165) is 11.4 Å². The lowest BCUT2D eigenvalue weighted by Gasteiger charge is -2.20. The third-order valence-electron chi connectivity index (χ3n) is 3.77. The van der Waals surface area contributed by atoms with Crippen LogP contribution in [0.1, 0.15) is 35.1 Å². The fraction of sp³-hybridized carbons (Fsp3) is 0.353. The Morgan fingerprint density at radius 3 is 2.43 bits per heavy atom. The van der Waals surface area contributed by atoms with Gasteiger partial charge in [0, 0.05) is 13.1 Å². The highest BCUT2D eigenvalue weighted by atomic mass is 16.4. The highest BCUT2D eigenvalue weighted by Gasteiger charge is 2.23. The van der Waals surface area contributed by atoms with Crippen LogP contribution in [0.2, 0.25) is 0 Å². The molecule has 0 fully saturated rings. The van der Waals surface area contributed by atoms with Gasteiger partial charge >= 0.3 is 5.97 Å². The summed E-state index contributed by atoms with van der Waals surface area (Å²) in [5.74, 6) is -1.09. The molecule has 0 bridgehead atoms. The highest BCUT2D eigenvalue weighted by Crippen LogP contribution is 2.19. The summed E-state index contributed by atoms with van der Waals surface area (Å²) in [6.07, 6.45) is -0.0650. The van der Waals surface area contributed by atoms with Crippen LogP contribution in [-0.4, -0.2) is 44.8 Å². The molecule has 6 nitrogen and oxygen atoms in total. The molecule has 122 valence electrons. The summed E-state index contributed by atoms with van der Waals surface area (Å²) in [6, 6.07) is 9.61. The summed E-state index contributed by atoms with van der Waals surface area (Å²) in [6.45, 7) is 6.14. The summed E-state index contributed by atoms with van der Waals surface area (Å²) in [7, 11) is 0. The number of aryl methyl sites for hydroxylation is 1. The van der Waals surface area contributed by atoms with Gasteiger partial charge in [0.25, 0.3) is 5.91 Å². The molecule has 1 heterocycles. The zero-order chi connectivity index (χ0) is 17.0. The number of aliphatic carboxylic acids is 1. The number of carbonyl (C=O) groups is 2. The molecule has 0 aliphatic heterocycles. The van der Waals surface area contributed by atoms with Crippen molar-refractivity contribution in [2.24, 2.45) is 0 Å². The number of amides is 1. The molecule has 0 aliphatic rings. The molecule has 2 rings (SSSR count). The largest absolute Gasteiger partial charge is 0.481 e. The molecular formula is C17H21N3O3. The van der Waals surface area contributed by atoms with E-state index in [1.165, 1.54) is 0 Å². The third-order valence-corrected chi connectivity index (χ3v) is 3.77. The smallest absolute Gasteiger partial charge is 0.305 e. The SMILES string of the molecule is CCN(CCC(=O)O)C(=O)c1c(C)nn(-c2ccccc2)c1C. The zero-order valence-electron chi connectivity index (χ0n) is 13.6. The molecule has 23 heavy (non-hydrogen) atoms. The van der Waals surface area contributed by atoms with E-state index in [0.29, 0.717) is 17.8 Å². The molecule has 2 aromatic rings. The lowest BCUT2D eigenvalue weighted by molar-refractivity contribution is -0.137. The number of rotatable bonds is 6. The van der Waals surface area contributed by atoms with Gasteiger partial charge in [0.15, 0.2) is 0 Å². The molecule has 0 aliphatic carbocycles. The number of aromatic nitrogens is 2. The minimum atomic E-state index is -0.912. The van der Waals surface area contributed by atoms with Crippen LogP contribution in [-0.2, 0) is 4.79 Å². The second-order valence-electron chi connectivity index (χ2n) is 5.32. The second-order valence-corrected chi connectivity index (χ2v) is 5.32. The van der Waals surface area contributed by atoms with Gasteiger partial charge in [-0.3, -0.25) is 9.59 Å². The van der Waals surface area contributed by atoms with Crippen LogP contribution in [0, 0.1) is 13.8 Å². The van der Waals surface area contributed by atoms with Crippen LogP contribution in [0.3, 0.4) is 0 Å². The molecule has 0 unspecified atom stereocenters. The Balaban J connectivity index is 2.34. The molecule has 0 saturated carbocycles. The van der Waals surface area contributed by atoms with E-state index in [-0.39, 0.29) is 18.9 Å². The fourth-order valence-electron chi connectivity index (χ4n) is 2.56. The monoisotopic (exact) mass is 315 g/mol. The average molecular weight is 315 g/mol. The lowest BCUT2D eigenvalue weighted by Crippen LogP contribution is -2.33. The van der Waals surface area contributed by atoms with E-state index in [1.54, 1.807) is 16.5 Å². The lowest BCUT2D eigenvalue weighted by atomic mass is 10.1. The number of para-hydroxylation sites is 1. The number of carboxylic acid groups (broad SMARTS) is 1. The van der Waals surface area contributed by atoms with Crippen LogP contribution in [0.15, 0.2) is 30.3 Å². The normalized spacial score (nSPS) is 10.6. The van der Waals surface area contributed by atoms with Crippen molar-refractivity contribution in [1.82, 2.24) is 14.7 Å². The zero-order valence-corrected chi connectivity index (χ0v) is 13.6. The van der Waals surface area contributed by atoms with Crippen LogP contribution in [0.5, 0.6) is 0 Å². The molecule has 1 N–H and O–H groups in total. The number of carboxylic acids is 1. The maximum atomic E-state index is 12.8. The topological polar surface area (TPSA) is 75.4 Å². The maximum Gasteiger partial charge on any atom is 0.305 e. The van der Waals surface area contributed by atoms with E-state index < -0.39 is 5.97 Å². The number of hydrogen-bond acceptors (Lipinski definition) is 3. The van der Waals surface area contributed by atoms with Gasteiger partial charge in [-0.25, -0.2) is 4.68 Å². The van der Waals surface area contributed by atoms with E-state index >= 15 is 0 Å². The Labute approximate surface area is 135 Å². The first-order valence-corrected chi connectivity index (χ1v) is 7.58. The van der Waals surface area contributed by atoms with Crippen LogP contribution in [0.4, 0.5) is 0 Å². The standard InChI is InChI=1S/C17H21N3O3/c1-4-19(11-10-15(21)22)17(23)16-12(2)18-20(13(16)3)14-8-6-5-7-9-14/h5-9H,4,10-11H2,1-3H3,(H,21,22). The van der Waals surface area contributed by atoms with E-state index in [2.05, 4.69) is 5.10 Å². The number of nitrogens with zero attached hydrogens (tertiary/aromatic N) is 3. The van der Waals surface area contributed by atoms with Crippen LogP contribution < -0.4 is 0 Å². The molecule has 0 spiro atoms. The third kappa shape index (κ3) is 3.59. The maximum absolute atomic E-state index is 12.8. The molecule has 1 aromatic carbocycles. The van der Waals surface area contributed by atoms with Gasteiger partial charge in [0.05, 0.1) is 29.1 Å². The van der Waals surface area contributed by atoms with Crippen LogP contribution in [0.25, 0.3) is 5.69 Å². The first kappa shape index (κ1) is 16.7. The summed E-state index contributed by atoms with van der Waals surface area (Å²) in [5, 5.41) is 13.3. The van der Waals surface area contributed by atoms with Crippen molar-refractivity contribution in [3.05, 3.63) is 47.3 Å². The van der Waals surface area contributed by atoms with Gasteiger partial charge < -0.3 is 10.0 Å². The number of benzene rings is 1. The van der Waals surface area contributed by atoms with Crippen molar-refractivity contribution in [3.63, 3.8) is 0 Å². The van der Waals surface area contributed by atoms with Gasteiger partial charge in [-0.2, -0.15) is 5.10 Å². The van der Waals surface area contributed by atoms with E-state index in [1.807, 2.05) is 44.2 Å². The van der Waals surface area contributed by atoms with E-state index in [9.17, 15) is 9.59 Å². The highest BCUT2D eigenvalue weighted by molar-refractivity contribution is 5.96. The first-order valence-electron chi connectivity index (χ1n) is 7.58. The molecular weight excluding hydrogens is 294 g/mol. The minimum Gasteiger partial charge on any atom is -0.481 e. The Hall–Kier alpha value is -2.63. The molecule has 1 aromatic heterocycles. The summed E-state index contributed by atoms with van der Waals surface area (Å²) in [5.41, 5.74) is 2.83. The summed E-state index contributed by atoms with van der Waals surface area (Å²) < 4.78 is 1.74. The van der Waals surface area contributed by atoms with E-state index in [4.69, 9.17) is 5.11 Å². The van der Waals surface area contributed by atoms with Gasteiger partial charge in [0.1, 0.15) is 0 Å². The average Bonchev–Trinajstić information content (AvgIpc) is 2.83. The van der Waals surface area contributed by atoms with Gasteiger partial charge in [-0.15, -0.1) is 0 Å². The predicted octanol–water partition coefficient (Wildman–Crippen LogP) is 2.43. The first-order chi connectivity index (χ1) is 11.0. The van der Waals surface area contributed by atoms with Gasteiger partial charge in [-0.1, -0.05) is 18.2 Å². The fourth-order valence-corrected chi connectivity index (χ4v) is 2.56. The molecule has 0 radical (unpaired) electrons. The van der Waals surface area contributed by atoms with Crippen molar-refractivity contribution >= 4 is 11.9 Å². The molecule has 0 atom stereocenters. The number of hydrogen-bond donors (Lipinski definition) is 1. The van der Waals surface area contributed by atoms with Gasteiger partial charge in [0.2, 0.25) is 0 Å². The van der Waals surface area contributed by atoms with Crippen molar-refractivity contribution < 1.29 is 14.7 Å². The molecule has 6 heteroatoms. The van der Waals surface area contributed by atoms with Crippen molar-refractivity contribution in [2.75, 3.05) is 13.1 Å². The van der Waals surface area contributed by atoms with Crippen molar-refractivity contribution in [1.29, 1.82) is 0 Å². The van der Waals surface area contributed by atoms with Gasteiger partial charge in [-0.05, 0) is 32.9 Å². The second kappa shape index (κ2) is 7.09. The Bertz CT molecular complexity index is 707. The molecule has 1 amide bonds. The molecule has 0 saturated heterocycles. The Kier molecular flexibility index (Phi) is 5.16. The summed E-state index contributed by atoms with van der Waals surface area (Å²) >= 11 is 0. The van der Waals surface area contributed by atoms with Crippen molar-refractivity contribution in [3.8, 4) is 5.69 Å². The minimum absolute atomic E-state index is 0.0650. The number of carbonyl (C=O) groups excluding carboxylic acids is 1. The Morgan fingerprint density at radius 1 is 1.22 bits per heavy atom. The van der Waals surface area contributed by atoms with Crippen molar-refractivity contribution in [2.45, 2.75) is 27.2 Å². The predicted molar refractivity (Wildman–Crippen MR) is 86.9 cm³/mol.